The predicted octanol–water partition coefficient (Wildman–Crippen LogP) is 2.31. The molecule has 0 unspecified atom stereocenters. The molecule has 7 nitrogen and oxygen atoms in total. The normalized spacial score (nSPS) is 11.0. The van der Waals surface area contributed by atoms with Crippen molar-refractivity contribution in [1.82, 2.24) is 15.3 Å². The van der Waals surface area contributed by atoms with Crippen LogP contribution < -0.4 is 10.7 Å². The highest BCUT2D eigenvalue weighted by Crippen LogP contribution is 2.21. The summed E-state index contributed by atoms with van der Waals surface area (Å²) in [5.74, 6) is -0.827. The zero-order valence-corrected chi connectivity index (χ0v) is 17.1. The van der Waals surface area contributed by atoms with Crippen molar-refractivity contribution < 1.29 is 14.3 Å². The van der Waals surface area contributed by atoms with Gasteiger partial charge in [0.25, 0.3) is 0 Å². The Kier molecular flexibility index (Phi) is 7.52. The first kappa shape index (κ1) is 21.4. The van der Waals surface area contributed by atoms with Crippen LogP contribution in [0.2, 0.25) is 0 Å². The van der Waals surface area contributed by atoms with E-state index in [0.29, 0.717) is 13.2 Å². The molecule has 0 aliphatic rings. The van der Waals surface area contributed by atoms with Crippen LogP contribution in [0.1, 0.15) is 34.5 Å². The Balaban J connectivity index is 2.02. The lowest BCUT2D eigenvalue weighted by Gasteiger charge is -2.11. The number of hydrazone groups is 1. The SMILES string of the molecule is COCCNC(=O)CC(=O)N/N=C/c1cc(C)n(-c2ccc(C)c(C)c2)c1C. The van der Waals surface area contributed by atoms with Crippen molar-refractivity contribution in [2.75, 3.05) is 20.3 Å². The summed E-state index contributed by atoms with van der Waals surface area (Å²) >= 11 is 0. The summed E-state index contributed by atoms with van der Waals surface area (Å²) in [5, 5.41) is 6.58. The molecule has 0 aliphatic carbocycles. The number of aryl methyl sites for hydroxylation is 3. The molecule has 1 aromatic heterocycles. The maximum Gasteiger partial charge on any atom is 0.249 e. The van der Waals surface area contributed by atoms with Gasteiger partial charge in [0.1, 0.15) is 6.42 Å². The van der Waals surface area contributed by atoms with E-state index in [4.69, 9.17) is 4.74 Å². The predicted molar refractivity (Wildman–Crippen MR) is 110 cm³/mol. The number of methoxy groups -OCH3 is 1. The summed E-state index contributed by atoms with van der Waals surface area (Å²) in [6.45, 7) is 9.00. The van der Waals surface area contributed by atoms with Crippen LogP contribution in [0, 0.1) is 27.7 Å². The molecule has 0 saturated carbocycles. The number of hydrogen-bond donors (Lipinski definition) is 2. The molecule has 0 bridgehead atoms. The monoisotopic (exact) mass is 384 g/mol. The average molecular weight is 384 g/mol. The zero-order valence-electron chi connectivity index (χ0n) is 17.1. The van der Waals surface area contributed by atoms with E-state index >= 15 is 0 Å². The van der Waals surface area contributed by atoms with Crippen LogP contribution in [0.3, 0.4) is 0 Å². The number of nitrogens with one attached hydrogen (secondary N) is 2. The maximum atomic E-state index is 11.8. The van der Waals surface area contributed by atoms with Crippen molar-refractivity contribution in [2.45, 2.75) is 34.1 Å². The van der Waals surface area contributed by atoms with Crippen molar-refractivity contribution in [3.8, 4) is 5.69 Å². The Morgan fingerprint density at radius 1 is 1.11 bits per heavy atom. The Bertz CT molecular complexity index is 884. The van der Waals surface area contributed by atoms with Crippen LogP contribution in [0.5, 0.6) is 0 Å². The fourth-order valence-electron chi connectivity index (χ4n) is 2.89. The van der Waals surface area contributed by atoms with Gasteiger partial charge in [0, 0.05) is 36.3 Å². The first-order valence-electron chi connectivity index (χ1n) is 9.17. The van der Waals surface area contributed by atoms with Crippen molar-refractivity contribution >= 4 is 18.0 Å². The molecule has 2 aromatic rings. The molecule has 1 heterocycles. The largest absolute Gasteiger partial charge is 0.383 e. The summed E-state index contributed by atoms with van der Waals surface area (Å²) in [6, 6.07) is 8.36. The molecule has 0 spiro atoms. The summed E-state index contributed by atoms with van der Waals surface area (Å²) in [4.78, 5) is 23.4. The molecule has 0 radical (unpaired) electrons. The van der Waals surface area contributed by atoms with Gasteiger partial charge in [0.05, 0.1) is 12.8 Å². The van der Waals surface area contributed by atoms with Gasteiger partial charge in [-0.25, -0.2) is 5.43 Å². The molecular formula is C21H28N4O3. The number of ether oxygens (including phenoxy) is 1. The second-order valence-corrected chi connectivity index (χ2v) is 6.74. The number of rotatable bonds is 8. The van der Waals surface area contributed by atoms with E-state index in [1.165, 1.54) is 11.1 Å². The van der Waals surface area contributed by atoms with Gasteiger partial charge in [-0.2, -0.15) is 5.10 Å². The van der Waals surface area contributed by atoms with Gasteiger partial charge < -0.3 is 14.6 Å². The minimum Gasteiger partial charge on any atom is -0.383 e. The molecule has 0 atom stereocenters. The van der Waals surface area contributed by atoms with Crippen molar-refractivity contribution in [3.63, 3.8) is 0 Å². The Morgan fingerprint density at radius 3 is 2.54 bits per heavy atom. The lowest BCUT2D eigenvalue weighted by Crippen LogP contribution is -2.31. The molecule has 2 amide bonds. The molecule has 2 N–H and O–H groups in total. The molecule has 1 aromatic carbocycles. The fraction of sp³-hybridized carbons (Fsp3) is 0.381. The van der Waals surface area contributed by atoms with Gasteiger partial charge >= 0.3 is 0 Å². The molecule has 28 heavy (non-hydrogen) atoms. The number of nitrogens with zero attached hydrogens (tertiary/aromatic N) is 2. The van der Waals surface area contributed by atoms with Gasteiger partial charge in [-0.05, 0) is 57.0 Å². The maximum absolute atomic E-state index is 11.8. The molecule has 0 fully saturated rings. The van der Waals surface area contributed by atoms with E-state index in [9.17, 15) is 9.59 Å². The van der Waals surface area contributed by atoms with Crippen molar-refractivity contribution in [1.29, 1.82) is 0 Å². The summed E-state index contributed by atoms with van der Waals surface area (Å²) < 4.78 is 6.99. The van der Waals surface area contributed by atoms with Gasteiger partial charge in [0.15, 0.2) is 0 Å². The van der Waals surface area contributed by atoms with Crippen LogP contribution in [0.4, 0.5) is 0 Å². The minimum absolute atomic E-state index is 0.275. The fourth-order valence-corrected chi connectivity index (χ4v) is 2.89. The Labute approximate surface area is 165 Å². The smallest absolute Gasteiger partial charge is 0.249 e. The van der Waals surface area contributed by atoms with E-state index in [2.05, 4.69) is 52.5 Å². The van der Waals surface area contributed by atoms with Gasteiger partial charge in [-0.1, -0.05) is 6.07 Å². The summed E-state index contributed by atoms with van der Waals surface area (Å²) in [7, 11) is 1.55. The number of carbonyl (C=O) groups excluding carboxylic acids is 2. The lowest BCUT2D eigenvalue weighted by molar-refractivity contribution is -0.129. The first-order chi connectivity index (χ1) is 13.3. The minimum atomic E-state index is -0.464. The zero-order chi connectivity index (χ0) is 20.7. The topological polar surface area (TPSA) is 84.7 Å². The highest BCUT2D eigenvalue weighted by molar-refractivity contribution is 5.97. The van der Waals surface area contributed by atoms with Gasteiger partial charge in [0.2, 0.25) is 11.8 Å². The Morgan fingerprint density at radius 2 is 1.86 bits per heavy atom. The van der Waals surface area contributed by atoms with Crippen LogP contribution >= 0.6 is 0 Å². The number of benzene rings is 1. The highest BCUT2D eigenvalue weighted by Gasteiger charge is 2.11. The van der Waals surface area contributed by atoms with E-state index in [1.54, 1.807) is 13.3 Å². The third kappa shape index (κ3) is 5.53. The quantitative estimate of drug-likeness (QED) is 0.317. The van der Waals surface area contributed by atoms with Gasteiger partial charge in [-0.15, -0.1) is 0 Å². The third-order valence-electron chi connectivity index (χ3n) is 4.56. The van der Waals surface area contributed by atoms with Crippen molar-refractivity contribution in [2.24, 2.45) is 5.10 Å². The summed E-state index contributed by atoms with van der Waals surface area (Å²) in [6.07, 6.45) is 1.32. The number of amides is 2. The third-order valence-corrected chi connectivity index (χ3v) is 4.56. The molecule has 0 aliphatic heterocycles. The molecule has 7 heteroatoms. The van der Waals surface area contributed by atoms with Crippen molar-refractivity contribution in [3.05, 3.63) is 52.3 Å². The highest BCUT2D eigenvalue weighted by atomic mass is 16.5. The van der Waals surface area contributed by atoms with E-state index < -0.39 is 5.91 Å². The second-order valence-electron chi connectivity index (χ2n) is 6.74. The number of hydrogen-bond acceptors (Lipinski definition) is 4. The van der Waals surface area contributed by atoms with Crippen LogP contribution in [0.25, 0.3) is 5.69 Å². The molecule has 2 rings (SSSR count). The summed E-state index contributed by atoms with van der Waals surface area (Å²) in [5.41, 5.74) is 8.97. The van der Waals surface area contributed by atoms with E-state index in [1.807, 2.05) is 19.9 Å². The van der Waals surface area contributed by atoms with Crippen LogP contribution in [0.15, 0.2) is 29.4 Å². The molecule has 150 valence electrons. The first-order valence-corrected chi connectivity index (χ1v) is 9.17. The Hall–Kier alpha value is -2.93. The average Bonchev–Trinajstić information content (AvgIpc) is 2.91. The number of carbonyl (C=O) groups is 2. The molecular weight excluding hydrogens is 356 g/mol. The van der Waals surface area contributed by atoms with Gasteiger partial charge in [-0.3, -0.25) is 9.59 Å². The standard InChI is InChI=1S/C21H28N4O3/c1-14-6-7-19(10-15(14)2)25-16(3)11-18(17(25)4)13-23-24-21(27)12-20(26)22-8-9-28-5/h6-7,10-11,13H,8-9,12H2,1-5H3,(H,22,26)(H,24,27)/b23-13+. The van der Waals surface area contributed by atoms with Crippen LogP contribution in [-0.2, 0) is 14.3 Å². The lowest BCUT2D eigenvalue weighted by atomic mass is 10.1. The van der Waals surface area contributed by atoms with Crippen LogP contribution in [-0.4, -0.2) is 42.9 Å². The molecule has 0 saturated heterocycles. The second kappa shape index (κ2) is 9.85. The van der Waals surface area contributed by atoms with E-state index in [-0.39, 0.29) is 12.3 Å². The van der Waals surface area contributed by atoms with E-state index in [0.717, 1.165) is 22.6 Å². The number of aromatic nitrogens is 1.